The number of nitrogens with zero attached hydrogens (tertiary/aromatic N) is 4. The summed E-state index contributed by atoms with van der Waals surface area (Å²) >= 11 is 0. The minimum atomic E-state index is -0.198. The summed E-state index contributed by atoms with van der Waals surface area (Å²) in [5.41, 5.74) is 2.22. The molecule has 146 valence electrons. The van der Waals surface area contributed by atoms with Gasteiger partial charge in [-0.25, -0.2) is 9.37 Å². The third-order valence-electron chi connectivity index (χ3n) is 4.53. The Morgan fingerprint density at radius 3 is 2.41 bits per heavy atom. The van der Waals surface area contributed by atoms with Crippen LogP contribution in [0.15, 0.2) is 47.6 Å². The molecule has 3 rings (SSSR count). The first-order valence-electron chi connectivity index (χ1n) is 8.78. The van der Waals surface area contributed by atoms with Crippen molar-refractivity contribution in [3.8, 4) is 0 Å². The van der Waals surface area contributed by atoms with Crippen LogP contribution in [0.4, 0.5) is 15.9 Å². The van der Waals surface area contributed by atoms with Gasteiger partial charge in [-0.2, -0.15) is 0 Å². The van der Waals surface area contributed by atoms with E-state index in [9.17, 15) is 4.39 Å². The number of nitrogens with one attached hydrogen (secondary N) is 2. The molecule has 0 amide bonds. The van der Waals surface area contributed by atoms with E-state index in [2.05, 4.69) is 36.5 Å². The molecule has 1 aliphatic heterocycles. The molecule has 1 fully saturated rings. The van der Waals surface area contributed by atoms with E-state index in [-0.39, 0.29) is 29.8 Å². The number of guanidine groups is 1. The molecule has 0 spiro atoms. The van der Waals surface area contributed by atoms with Crippen LogP contribution >= 0.6 is 24.0 Å². The average molecular weight is 484 g/mol. The van der Waals surface area contributed by atoms with Gasteiger partial charge in [0.1, 0.15) is 11.6 Å². The molecule has 0 saturated carbocycles. The zero-order chi connectivity index (χ0) is 18.4. The lowest BCUT2D eigenvalue weighted by Crippen LogP contribution is -2.46. The minimum Gasteiger partial charge on any atom is -0.368 e. The molecule has 0 atom stereocenters. The highest BCUT2D eigenvalue weighted by Crippen LogP contribution is 2.20. The van der Waals surface area contributed by atoms with Crippen LogP contribution in [0.5, 0.6) is 0 Å². The van der Waals surface area contributed by atoms with Crippen molar-refractivity contribution >= 4 is 41.4 Å². The van der Waals surface area contributed by atoms with Crippen molar-refractivity contribution in [2.75, 3.05) is 50.1 Å². The molecular weight excluding hydrogens is 458 g/mol. The van der Waals surface area contributed by atoms with Crippen LogP contribution in [-0.4, -0.2) is 51.2 Å². The summed E-state index contributed by atoms with van der Waals surface area (Å²) in [5, 5.41) is 6.26. The molecule has 6 nitrogen and oxygen atoms in total. The Labute approximate surface area is 176 Å². The fourth-order valence-corrected chi connectivity index (χ4v) is 3.05. The summed E-state index contributed by atoms with van der Waals surface area (Å²) < 4.78 is 13.1. The molecule has 0 aliphatic carbocycles. The van der Waals surface area contributed by atoms with Crippen molar-refractivity contribution in [2.24, 2.45) is 4.99 Å². The van der Waals surface area contributed by atoms with Gasteiger partial charge >= 0.3 is 0 Å². The van der Waals surface area contributed by atoms with Gasteiger partial charge in [0.05, 0.1) is 0 Å². The Hall–Kier alpha value is -2.10. The number of benzene rings is 1. The maximum Gasteiger partial charge on any atom is 0.190 e. The normalized spacial score (nSPS) is 14.6. The van der Waals surface area contributed by atoms with Crippen molar-refractivity contribution < 1.29 is 4.39 Å². The summed E-state index contributed by atoms with van der Waals surface area (Å²) in [4.78, 5) is 13.2. The van der Waals surface area contributed by atoms with Gasteiger partial charge in [-0.15, -0.1) is 24.0 Å². The number of hydrogen-bond donors (Lipinski definition) is 2. The van der Waals surface area contributed by atoms with Crippen LogP contribution in [-0.2, 0) is 6.54 Å². The highest BCUT2D eigenvalue weighted by atomic mass is 127. The monoisotopic (exact) mass is 484 g/mol. The van der Waals surface area contributed by atoms with Crippen molar-refractivity contribution in [1.29, 1.82) is 0 Å². The number of aromatic nitrogens is 1. The average Bonchev–Trinajstić information content (AvgIpc) is 2.70. The van der Waals surface area contributed by atoms with Crippen molar-refractivity contribution in [3.05, 3.63) is 54.0 Å². The first-order chi connectivity index (χ1) is 12.7. The molecule has 1 saturated heterocycles. The lowest BCUT2D eigenvalue weighted by atomic mass is 10.2. The Bertz CT molecular complexity index is 744. The van der Waals surface area contributed by atoms with Crippen molar-refractivity contribution in [3.63, 3.8) is 0 Å². The maximum atomic E-state index is 13.1. The Kier molecular flexibility index (Phi) is 8.08. The molecule has 1 aromatic carbocycles. The van der Waals surface area contributed by atoms with Crippen LogP contribution in [0.2, 0.25) is 0 Å². The van der Waals surface area contributed by atoms with Gasteiger partial charge in [-0.1, -0.05) is 0 Å². The summed E-state index contributed by atoms with van der Waals surface area (Å²) in [5.74, 6) is 1.55. The smallest absolute Gasteiger partial charge is 0.190 e. The summed E-state index contributed by atoms with van der Waals surface area (Å²) in [6.07, 6.45) is 1.85. The van der Waals surface area contributed by atoms with Gasteiger partial charge in [0.25, 0.3) is 0 Å². The predicted octanol–water partition coefficient (Wildman–Crippen LogP) is 2.46. The van der Waals surface area contributed by atoms with Gasteiger partial charge in [-0.05, 0) is 42.0 Å². The molecule has 2 N–H and O–H groups in total. The van der Waals surface area contributed by atoms with E-state index in [4.69, 9.17) is 0 Å². The van der Waals surface area contributed by atoms with E-state index < -0.39 is 0 Å². The quantitative estimate of drug-likeness (QED) is 0.397. The zero-order valence-corrected chi connectivity index (χ0v) is 18.0. The zero-order valence-electron chi connectivity index (χ0n) is 15.7. The lowest BCUT2D eigenvalue weighted by Gasteiger charge is -2.36. The molecule has 0 unspecified atom stereocenters. The Balaban J connectivity index is 0.00000261. The number of anilines is 2. The molecule has 2 heterocycles. The van der Waals surface area contributed by atoms with Crippen LogP contribution in [0.25, 0.3) is 0 Å². The van der Waals surface area contributed by atoms with E-state index in [1.54, 1.807) is 7.05 Å². The first-order valence-corrected chi connectivity index (χ1v) is 8.78. The van der Waals surface area contributed by atoms with Gasteiger partial charge < -0.3 is 20.4 Å². The SMILES string of the molecule is CN=C(NC)NCc1ccnc(N2CCN(c3ccc(F)cc3)CC2)c1.I. The largest absolute Gasteiger partial charge is 0.368 e. The van der Waals surface area contributed by atoms with E-state index in [0.29, 0.717) is 6.54 Å². The second-order valence-electron chi connectivity index (χ2n) is 6.15. The van der Waals surface area contributed by atoms with Crippen LogP contribution in [0, 0.1) is 5.82 Å². The predicted molar refractivity (Wildman–Crippen MR) is 120 cm³/mol. The Morgan fingerprint density at radius 1 is 1.11 bits per heavy atom. The first kappa shape index (κ1) is 21.2. The minimum absolute atomic E-state index is 0. The molecule has 2 aromatic rings. The van der Waals surface area contributed by atoms with Crippen molar-refractivity contribution in [1.82, 2.24) is 15.6 Å². The molecule has 0 radical (unpaired) electrons. The van der Waals surface area contributed by atoms with E-state index in [1.165, 1.54) is 12.1 Å². The number of hydrogen-bond acceptors (Lipinski definition) is 4. The summed E-state index contributed by atoms with van der Waals surface area (Å²) in [7, 11) is 3.59. The van der Waals surface area contributed by atoms with E-state index in [1.807, 2.05) is 31.4 Å². The van der Waals surface area contributed by atoms with E-state index >= 15 is 0 Å². The summed E-state index contributed by atoms with van der Waals surface area (Å²) in [6.45, 7) is 4.25. The third-order valence-corrected chi connectivity index (χ3v) is 4.53. The molecule has 8 heteroatoms. The molecule has 0 bridgehead atoms. The number of rotatable bonds is 4. The lowest BCUT2D eigenvalue weighted by molar-refractivity contribution is 0.624. The second kappa shape index (κ2) is 10.3. The van der Waals surface area contributed by atoms with Gasteiger partial charge in [0, 0.05) is 58.7 Å². The van der Waals surface area contributed by atoms with Gasteiger partial charge in [0.15, 0.2) is 5.96 Å². The fraction of sp³-hybridized carbons (Fsp3) is 0.368. The third kappa shape index (κ3) is 5.69. The Morgan fingerprint density at radius 2 is 1.78 bits per heavy atom. The second-order valence-corrected chi connectivity index (χ2v) is 6.15. The van der Waals surface area contributed by atoms with Crippen molar-refractivity contribution in [2.45, 2.75) is 6.54 Å². The van der Waals surface area contributed by atoms with Gasteiger partial charge in [-0.3, -0.25) is 4.99 Å². The fourth-order valence-electron chi connectivity index (χ4n) is 3.05. The highest BCUT2D eigenvalue weighted by molar-refractivity contribution is 14.0. The summed E-state index contributed by atoms with van der Waals surface area (Å²) in [6, 6.07) is 10.8. The number of piperazine rings is 1. The maximum absolute atomic E-state index is 13.1. The number of aliphatic imine (C=N–C) groups is 1. The number of halogens is 2. The molecular formula is C19H26FIN6. The molecule has 1 aromatic heterocycles. The van der Waals surface area contributed by atoms with Crippen LogP contribution < -0.4 is 20.4 Å². The highest BCUT2D eigenvalue weighted by Gasteiger charge is 2.18. The molecule has 27 heavy (non-hydrogen) atoms. The number of pyridine rings is 1. The van der Waals surface area contributed by atoms with E-state index in [0.717, 1.165) is 49.2 Å². The molecule has 1 aliphatic rings. The standard InChI is InChI=1S/C19H25FN6.HI/c1-21-19(22-2)24-14-15-7-8-23-18(13-15)26-11-9-25(10-12-26)17-5-3-16(20)4-6-17;/h3-8,13H,9-12,14H2,1-2H3,(H2,21,22,24);1H. The topological polar surface area (TPSA) is 55.8 Å². The van der Waals surface area contributed by atoms with Crippen LogP contribution in [0.1, 0.15) is 5.56 Å². The van der Waals surface area contributed by atoms with Gasteiger partial charge in [0.2, 0.25) is 0 Å². The van der Waals surface area contributed by atoms with Crippen LogP contribution in [0.3, 0.4) is 0 Å².